The number of carbonyl (C=O) groups excluding carboxylic acids is 1. The summed E-state index contributed by atoms with van der Waals surface area (Å²) in [5, 5.41) is 2.91. The minimum absolute atomic E-state index is 0.199. The van der Waals surface area contributed by atoms with Crippen molar-refractivity contribution in [3.8, 4) is 5.75 Å². The lowest BCUT2D eigenvalue weighted by Gasteiger charge is -2.16. The summed E-state index contributed by atoms with van der Waals surface area (Å²) in [5.41, 5.74) is 2.90. The van der Waals surface area contributed by atoms with Gasteiger partial charge in [0, 0.05) is 6.42 Å². The molecule has 0 aromatic heterocycles. The molecule has 0 saturated carbocycles. The van der Waals surface area contributed by atoms with Gasteiger partial charge in [0.2, 0.25) is 0 Å². The molecule has 0 spiro atoms. The van der Waals surface area contributed by atoms with Crippen LogP contribution < -0.4 is 10.1 Å². The fourth-order valence-electron chi connectivity index (χ4n) is 2.72. The molecule has 3 aromatic rings. The number of carbonyl (C=O) groups is 1. The van der Waals surface area contributed by atoms with E-state index in [1.165, 1.54) is 5.56 Å². The van der Waals surface area contributed by atoms with E-state index in [1.54, 1.807) is 6.92 Å². The second-order valence-electron chi connectivity index (χ2n) is 6.51. The average molecular weight is 375 g/mol. The van der Waals surface area contributed by atoms with Gasteiger partial charge in [-0.05, 0) is 30.2 Å². The number of anilines is 1. The Morgan fingerprint density at radius 2 is 1.46 bits per heavy atom. The maximum absolute atomic E-state index is 12.5. The SMILES string of the molecule is CC(OCc1ccccc1)C(=O)Nc1ccccc1OCCc1ccccc1. The maximum atomic E-state index is 12.5. The van der Waals surface area contributed by atoms with Gasteiger partial charge in [0.25, 0.3) is 5.91 Å². The van der Waals surface area contributed by atoms with Crippen LogP contribution in [0.1, 0.15) is 18.1 Å². The minimum Gasteiger partial charge on any atom is -0.491 e. The van der Waals surface area contributed by atoms with Gasteiger partial charge in [-0.1, -0.05) is 72.8 Å². The Kier molecular flexibility index (Phi) is 7.21. The summed E-state index contributed by atoms with van der Waals surface area (Å²) in [6, 6.07) is 27.4. The molecule has 0 radical (unpaired) electrons. The second kappa shape index (κ2) is 10.3. The van der Waals surface area contributed by atoms with Crippen LogP contribution in [-0.2, 0) is 22.6 Å². The topological polar surface area (TPSA) is 47.6 Å². The first-order valence-corrected chi connectivity index (χ1v) is 9.44. The quantitative estimate of drug-likeness (QED) is 0.581. The largest absolute Gasteiger partial charge is 0.491 e. The van der Waals surface area contributed by atoms with Gasteiger partial charge in [0.15, 0.2) is 0 Å². The Morgan fingerprint density at radius 3 is 2.18 bits per heavy atom. The monoisotopic (exact) mass is 375 g/mol. The summed E-state index contributed by atoms with van der Waals surface area (Å²) >= 11 is 0. The summed E-state index contributed by atoms with van der Waals surface area (Å²) in [6.07, 6.45) is 0.234. The van der Waals surface area contributed by atoms with Crippen molar-refractivity contribution in [2.75, 3.05) is 11.9 Å². The molecule has 0 heterocycles. The molecule has 3 rings (SSSR count). The number of amides is 1. The molecule has 4 heteroatoms. The molecular weight excluding hydrogens is 350 g/mol. The standard InChI is InChI=1S/C24H25NO3/c1-19(28-18-21-12-6-3-7-13-21)24(26)25-22-14-8-9-15-23(22)27-17-16-20-10-4-2-5-11-20/h2-15,19H,16-18H2,1H3,(H,25,26). The third kappa shape index (κ3) is 5.96. The maximum Gasteiger partial charge on any atom is 0.253 e. The fraction of sp³-hybridized carbons (Fsp3) is 0.208. The highest BCUT2D eigenvalue weighted by Crippen LogP contribution is 2.24. The molecule has 144 valence electrons. The van der Waals surface area contributed by atoms with E-state index in [0.29, 0.717) is 24.7 Å². The highest BCUT2D eigenvalue weighted by molar-refractivity contribution is 5.95. The van der Waals surface area contributed by atoms with Gasteiger partial charge in [-0.15, -0.1) is 0 Å². The van der Waals surface area contributed by atoms with Gasteiger partial charge >= 0.3 is 0 Å². The van der Waals surface area contributed by atoms with E-state index in [1.807, 2.05) is 72.8 Å². The Bertz CT molecular complexity index is 865. The van der Waals surface area contributed by atoms with Crippen LogP contribution in [-0.4, -0.2) is 18.6 Å². The van der Waals surface area contributed by atoms with Crippen LogP contribution in [0.2, 0.25) is 0 Å². The second-order valence-corrected chi connectivity index (χ2v) is 6.51. The zero-order valence-electron chi connectivity index (χ0n) is 16.0. The highest BCUT2D eigenvalue weighted by Gasteiger charge is 2.15. The van der Waals surface area contributed by atoms with Crippen LogP contribution >= 0.6 is 0 Å². The van der Waals surface area contributed by atoms with Gasteiger partial charge in [-0.2, -0.15) is 0 Å². The average Bonchev–Trinajstić information content (AvgIpc) is 2.74. The first-order valence-electron chi connectivity index (χ1n) is 9.44. The Hall–Kier alpha value is -3.11. The minimum atomic E-state index is -0.572. The molecule has 0 fully saturated rings. The van der Waals surface area contributed by atoms with Crippen molar-refractivity contribution in [1.29, 1.82) is 0 Å². The number of ether oxygens (including phenoxy) is 2. The molecule has 1 N–H and O–H groups in total. The molecule has 1 unspecified atom stereocenters. The van der Waals surface area contributed by atoms with E-state index in [9.17, 15) is 4.79 Å². The van der Waals surface area contributed by atoms with Gasteiger partial charge in [0.1, 0.15) is 11.9 Å². The molecule has 28 heavy (non-hydrogen) atoms. The summed E-state index contributed by atoms with van der Waals surface area (Å²) in [4.78, 5) is 12.5. The van der Waals surface area contributed by atoms with E-state index < -0.39 is 6.10 Å². The van der Waals surface area contributed by atoms with Crippen LogP contribution in [0.15, 0.2) is 84.9 Å². The molecule has 0 aliphatic rings. The number of benzene rings is 3. The van der Waals surface area contributed by atoms with Gasteiger partial charge in [-0.3, -0.25) is 4.79 Å². The first-order chi connectivity index (χ1) is 13.7. The van der Waals surface area contributed by atoms with Gasteiger partial charge < -0.3 is 14.8 Å². The zero-order chi connectivity index (χ0) is 19.6. The molecule has 0 aliphatic carbocycles. The summed E-state index contributed by atoms with van der Waals surface area (Å²) in [6.45, 7) is 2.68. The highest BCUT2D eigenvalue weighted by atomic mass is 16.5. The van der Waals surface area contributed by atoms with Crippen molar-refractivity contribution in [2.24, 2.45) is 0 Å². The fourth-order valence-corrected chi connectivity index (χ4v) is 2.72. The van der Waals surface area contributed by atoms with E-state index >= 15 is 0 Å². The number of nitrogens with one attached hydrogen (secondary N) is 1. The van der Waals surface area contributed by atoms with Crippen LogP contribution in [0.4, 0.5) is 5.69 Å². The van der Waals surface area contributed by atoms with E-state index in [4.69, 9.17) is 9.47 Å². The summed E-state index contributed by atoms with van der Waals surface area (Å²) < 4.78 is 11.6. The van der Waals surface area contributed by atoms with Crippen LogP contribution in [0.5, 0.6) is 5.75 Å². The predicted molar refractivity (Wildman–Crippen MR) is 111 cm³/mol. The molecule has 0 bridgehead atoms. The number of rotatable bonds is 9. The zero-order valence-corrected chi connectivity index (χ0v) is 16.0. The lowest BCUT2D eigenvalue weighted by Crippen LogP contribution is -2.27. The molecule has 0 saturated heterocycles. The van der Waals surface area contributed by atoms with Crippen molar-refractivity contribution in [1.82, 2.24) is 0 Å². The number of hydrogen-bond acceptors (Lipinski definition) is 3. The van der Waals surface area contributed by atoms with Crippen molar-refractivity contribution >= 4 is 11.6 Å². The third-order valence-corrected chi connectivity index (χ3v) is 4.35. The van der Waals surface area contributed by atoms with Crippen LogP contribution in [0.3, 0.4) is 0 Å². The molecule has 4 nitrogen and oxygen atoms in total. The molecular formula is C24H25NO3. The molecule has 1 atom stereocenters. The normalized spacial score (nSPS) is 11.6. The van der Waals surface area contributed by atoms with Crippen molar-refractivity contribution < 1.29 is 14.3 Å². The lowest BCUT2D eigenvalue weighted by atomic mass is 10.2. The van der Waals surface area contributed by atoms with Crippen molar-refractivity contribution in [2.45, 2.75) is 26.1 Å². The summed E-state index contributed by atoms with van der Waals surface area (Å²) in [7, 11) is 0. The number of hydrogen-bond donors (Lipinski definition) is 1. The van der Waals surface area contributed by atoms with Crippen molar-refractivity contribution in [3.05, 3.63) is 96.1 Å². The lowest BCUT2D eigenvalue weighted by molar-refractivity contribution is -0.127. The molecule has 3 aromatic carbocycles. The molecule has 0 aliphatic heterocycles. The predicted octanol–water partition coefficient (Wildman–Crippen LogP) is 4.85. The van der Waals surface area contributed by atoms with E-state index in [0.717, 1.165) is 12.0 Å². The van der Waals surface area contributed by atoms with Crippen LogP contribution in [0.25, 0.3) is 0 Å². The van der Waals surface area contributed by atoms with Gasteiger partial charge in [0.05, 0.1) is 18.9 Å². The Labute approximate surface area is 166 Å². The third-order valence-electron chi connectivity index (χ3n) is 4.35. The summed E-state index contributed by atoms with van der Waals surface area (Å²) in [5.74, 6) is 0.456. The van der Waals surface area contributed by atoms with Crippen molar-refractivity contribution in [3.63, 3.8) is 0 Å². The Balaban J connectivity index is 1.52. The van der Waals surface area contributed by atoms with E-state index in [-0.39, 0.29) is 5.91 Å². The smallest absolute Gasteiger partial charge is 0.253 e. The number of para-hydroxylation sites is 2. The molecule has 1 amide bonds. The van der Waals surface area contributed by atoms with Crippen LogP contribution in [0, 0.1) is 0 Å². The van der Waals surface area contributed by atoms with Gasteiger partial charge in [-0.25, -0.2) is 0 Å². The Morgan fingerprint density at radius 1 is 0.857 bits per heavy atom. The first kappa shape index (κ1) is 19.6. The van der Waals surface area contributed by atoms with E-state index in [2.05, 4.69) is 17.4 Å².